The first-order valence-electron chi connectivity index (χ1n) is 44.4. The molecule has 656 valence electrons. The number of piperidine rings is 2. The number of carbonyl (C=O) groups is 1. The number of nitrogens with one attached hydrogen (secondary N) is 4. The Labute approximate surface area is 769 Å². The molecule has 3 aliphatic heterocycles. The van der Waals surface area contributed by atoms with Gasteiger partial charge in [-0.3, -0.25) is 24.4 Å². The van der Waals surface area contributed by atoms with E-state index >= 15 is 0 Å². The summed E-state index contributed by atoms with van der Waals surface area (Å²) in [7, 11) is 3.26. The highest BCUT2D eigenvalue weighted by atomic mass is 32.1. The molecule has 10 heterocycles. The number of hydrogen-bond donors (Lipinski definition) is 4. The predicted octanol–water partition coefficient (Wildman–Crippen LogP) is 27.7. The Kier molecular flexibility index (Phi) is 43.0. The zero-order chi connectivity index (χ0) is 89.8. The summed E-state index contributed by atoms with van der Waals surface area (Å²) in [5.41, 5.74) is 16.5. The summed E-state index contributed by atoms with van der Waals surface area (Å²) in [4.78, 5) is 36.9. The molecule has 0 radical (unpaired) electrons. The number of thiazole rings is 1. The summed E-state index contributed by atoms with van der Waals surface area (Å²) in [5.74, 6) is 0.833. The van der Waals surface area contributed by atoms with Gasteiger partial charge in [0.2, 0.25) is 0 Å². The SMILES string of the molecule is C1=Nc2ccccc2C1.C1CCC2NCCCC2C1.C1CCNCC1.COC(=O)Cc1ccc(-c2ccccc2)cc1.Cn1cc(-c2ccccc2)nn1.c1c[nH]cn1.c1ccc(-c2ccccc2)cc1.c1ccc2[nH]ccc2c1.c1ccc2ccccc2c1.c1ccc2ncccc2c1.c1ccc2occc2c1.c1ccc2scnc2c1.c1ccccc1.c1ccncc1. The Morgan fingerprint density at radius 3 is 1.49 bits per heavy atom. The molecule has 13 aromatic carbocycles. The number of furan rings is 1. The third-order valence-corrected chi connectivity index (χ3v) is 21.7. The lowest BCUT2D eigenvalue weighted by Gasteiger charge is -2.36. The number of ether oxygens (including phenoxy) is 1. The van der Waals surface area contributed by atoms with Crippen molar-refractivity contribution in [1.82, 2.24) is 55.5 Å². The third-order valence-electron chi connectivity index (χ3n) is 20.9. The fourth-order valence-electron chi connectivity index (χ4n) is 14.1. The van der Waals surface area contributed by atoms with Crippen LogP contribution in [0.25, 0.3) is 87.3 Å². The first kappa shape index (κ1) is 95.7. The highest BCUT2D eigenvalue weighted by Gasteiger charge is 2.26. The van der Waals surface area contributed by atoms with E-state index in [1.165, 1.54) is 139 Å². The zero-order valence-electron chi connectivity index (χ0n) is 74.1. The van der Waals surface area contributed by atoms with Crippen molar-refractivity contribution in [2.75, 3.05) is 26.7 Å². The fraction of sp³-hybridized carbons (Fsp3) is 0.158. The second-order valence-corrected chi connectivity index (χ2v) is 31.1. The fourth-order valence-corrected chi connectivity index (χ4v) is 14.8. The number of aliphatic imine (C=N–C) groups is 1. The van der Waals surface area contributed by atoms with Crippen LogP contribution in [0.15, 0.2) is 465 Å². The van der Waals surface area contributed by atoms with Crippen LogP contribution >= 0.6 is 11.3 Å². The molecule has 2 saturated heterocycles. The van der Waals surface area contributed by atoms with E-state index in [0.29, 0.717) is 6.42 Å². The summed E-state index contributed by atoms with van der Waals surface area (Å²) < 4.78 is 12.7. The minimum atomic E-state index is -0.211. The van der Waals surface area contributed by atoms with Crippen molar-refractivity contribution in [3.63, 3.8) is 0 Å². The molecule has 0 spiro atoms. The maximum atomic E-state index is 11.1. The molecule has 1 saturated carbocycles. The molecular weight excluding hydrogens is 1620 g/mol. The van der Waals surface area contributed by atoms with Crippen molar-refractivity contribution in [3.8, 4) is 33.5 Å². The minimum absolute atomic E-state index is 0.211. The van der Waals surface area contributed by atoms with Crippen LogP contribution in [0.4, 0.5) is 5.69 Å². The Bertz CT molecular complexity index is 5690. The molecule has 15 nitrogen and oxygen atoms in total. The first-order valence-corrected chi connectivity index (χ1v) is 45.3. The Morgan fingerprint density at radius 1 is 0.438 bits per heavy atom. The van der Waals surface area contributed by atoms with Gasteiger partial charge in [0.15, 0.2) is 0 Å². The van der Waals surface area contributed by atoms with Crippen LogP contribution in [0.5, 0.6) is 0 Å². The van der Waals surface area contributed by atoms with Crippen LogP contribution in [0.3, 0.4) is 0 Å². The lowest BCUT2D eigenvalue weighted by molar-refractivity contribution is -0.139. The van der Waals surface area contributed by atoms with Gasteiger partial charge in [-0.2, -0.15) is 0 Å². The number of benzene rings is 13. The van der Waals surface area contributed by atoms with E-state index in [4.69, 9.17) is 4.42 Å². The highest BCUT2D eigenvalue weighted by Crippen LogP contribution is 2.31. The molecule has 2 atom stereocenters. The topological polar surface area (TPSA) is 190 Å². The smallest absolute Gasteiger partial charge is 0.309 e. The van der Waals surface area contributed by atoms with E-state index in [9.17, 15) is 4.79 Å². The van der Waals surface area contributed by atoms with Gasteiger partial charge in [0.25, 0.3) is 0 Å². The molecule has 4 aliphatic rings. The standard InChI is InChI=1S/C15H14O2.C12H10.C10H8.C9H9N3.C9H17N.C9H7N.2C8H7N.C8H6O.C7H5NS.C6H6.C5H11N.C5H5N.C3H4N2/c1-17-15(16)11-12-7-9-14(10-8-12)13-5-3-2-4-6-13;1-3-7-11(8-4-1)12-9-5-2-6-10-12;1-2-6-10-8-4-3-7-9(10)5-1;1-12-7-9(10-11-12)8-5-3-2-4-6-8;2*1-2-6-9-8(4-1)5-3-7-10-9;3*1-2-4-8-7(3-1)5-6-9-8;1-2-4-7-6(3-1)8-5-9-7;3*1-2-4-6-5-3-1;1-2-5-3-4-1/h2-10H,11H2,1H3;1-10H;1-8H;2-7H,1H3;8-10H,1-7H2;1-7H;1-4,6H,5H2;1-6,9H;1-6H;1-5H;1-6H;6H,1-5H2;1-5H;1-3H,(H,4,5). The molecule has 16 heteroatoms. The zero-order valence-corrected chi connectivity index (χ0v) is 75.0. The van der Waals surface area contributed by atoms with E-state index in [0.717, 1.165) is 68.5 Å². The maximum Gasteiger partial charge on any atom is 0.309 e. The molecule has 4 N–H and O–H groups in total. The maximum absolute atomic E-state index is 11.1. The number of aromatic nitrogens is 9. The van der Waals surface area contributed by atoms with Gasteiger partial charge in [0, 0.05) is 84.8 Å². The Balaban J connectivity index is 0.000000137. The molecule has 0 bridgehead atoms. The number of pyridine rings is 2. The summed E-state index contributed by atoms with van der Waals surface area (Å²) in [5, 5.41) is 21.0. The average Bonchev–Trinajstić information content (AvgIpc) is 1.82. The Hall–Kier alpha value is -14.9. The van der Waals surface area contributed by atoms with E-state index in [1.54, 1.807) is 53.4 Å². The number of imidazole rings is 1. The van der Waals surface area contributed by atoms with Gasteiger partial charge >= 0.3 is 5.97 Å². The number of carbonyl (C=O) groups excluding carboxylic acids is 1. The second-order valence-electron chi connectivity index (χ2n) is 30.2. The van der Waals surface area contributed by atoms with Crippen LogP contribution in [0, 0.1) is 5.92 Å². The summed E-state index contributed by atoms with van der Waals surface area (Å²) in [6, 6.07) is 133. The molecule has 130 heavy (non-hydrogen) atoms. The first-order chi connectivity index (χ1) is 64.4. The van der Waals surface area contributed by atoms with Crippen molar-refractivity contribution >= 4 is 83.0 Å². The lowest BCUT2D eigenvalue weighted by atomic mass is 9.80. The molecule has 24 rings (SSSR count). The van der Waals surface area contributed by atoms with E-state index in [1.807, 2.05) is 280 Å². The number of hydrogen-bond acceptors (Lipinski definition) is 13. The molecular formula is C114H116N12O3S. The van der Waals surface area contributed by atoms with Crippen molar-refractivity contribution in [2.24, 2.45) is 18.0 Å². The van der Waals surface area contributed by atoms with Crippen LogP contribution in [-0.4, -0.2) is 89.9 Å². The number of nitrogens with zero attached hydrogens (tertiary/aromatic N) is 8. The van der Waals surface area contributed by atoms with E-state index in [2.05, 4.69) is 212 Å². The second kappa shape index (κ2) is 58.4. The number of para-hydroxylation sites is 5. The molecule has 2 unspecified atom stereocenters. The monoisotopic (exact) mass is 1730 g/mol. The summed E-state index contributed by atoms with van der Waals surface area (Å²) in [6.07, 6.45) is 32.3. The predicted molar refractivity (Wildman–Crippen MR) is 543 cm³/mol. The van der Waals surface area contributed by atoms with Gasteiger partial charge in [-0.25, -0.2) is 9.97 Å². The molecule has 7 aromatic heterocycles. The number of aryl methyl sites for hydroxylation is 1. The van der Waals surface area contributed by atoms with Gasteiger partial charge in [-0.1, -0.05) is 352 Å². The van der Waals surface area contributed by atoms with Crippen molar-refractivity contribution in [3.05, 3.63) is 467 Å². The van der Waals surface area contributed by atoms with Crippen LogP contribution in [0.1, 0.15) is 68.9 Å². The summed E-state index contributed by atoms with van der Waals surface area (Å²) in [6.45, 7) is 3.78. The van der Waals surface area contributed by atoms with Gasteiger partial charge in [0.1, 0.15) is 11.3 Å². The van der Waals surface area contributed by atoms with Crippen LogP contribution in [-0.2, 0) is 29.4 Å². The van der Waals surface area contributed by atoms with Crippen LogP contribution in [0.2, 0.25) is 0 Å². The third kappa shape index (κ3) is 35.8. The number of H-pyrrole nitrogens is 2. The quantitative estimate of drug-likeness (QED) is 0.120. The minimum Gasteiger partial charge on any atom is -0.469 e. The average molecular weight is 1730 g/mol. The number of methoxy groups -OCH3 is 1. The van der Waals surface area contributed by atoms with E-state index in [-0.39, 0.29) is 5.97 Å². The number of aromatic amines is 2. The van der Waals surface area contributed by atoms with Crippen molar-refractivity contribution in [1.29, 1.82) is 0 Å². The van der Waals surface area contributed by atoms with Gasteiger partial charge in [-0.15, -0.1) is 16.4 Å². The number of esters is 1. The van der Waals surface area contributed by atoms with E-state index < -0.39 is 0 Å². The number of fused-ring (bicyclic) bond motifs is 7. The van der Waals surface area contributed by atoms with Crippen molar-refractivity contribution in [2.45, 2.75) is 76.7 Å². The molecule has 0 amide bonds. The van der Waals surface area contributed by atoms with Gasteiger partial charge < -0.3 is 29.8 Å². The Morgan fingerprint density at radius 2 is 0.969 bits per heavy atom. The normalized spacial score (nSPS) is 13.0. The number of rotatable bonds is 5. The van der Waals surface area contributed by atoms with Crippen LogP contribution < -0.4 is 10.6 Å². The molecule has 3 fully saturated rings. The van der Waals surface area contributed by atoms with Gasteiger partial charge in [-0.05, 0) is 180 Å². The summed E-state index contributed by atoms with van der Waals surface area (Å²) >= 11 is 1.68. The molecule has 1 aliphatic carbocycles. The molecule has 20 aromatic rings. The van der Waals surface area contributed by atoms with Gasteiger partial charge in [0.05, 0.1) is 59.2 Å². The largest absolute Gasteiger partial charge is 0.469 e. The lowest BCUT2D eigenvalue weighted by Crippen LogP contribution is -2.42. The highest BCUT2D eigenvalue weighted by molar-refractivity contribution is 7.16. The van der Waals surface area contributed by atoms with Crippen molar-refractivity contribution < 1.29 is 13.9 Å².